The average molecular weight is 304 g/mol. The Labute approximate surface area is 128 Å². The van der Waals surface area contributed by atoms with Gasteiger partial charge in [0.15, 0.2) is 0 Å². The quantitative estimate of drug-likeness (QED) is 0.759. The summed E-state index contributed by atoms with van der Waals surface area (Å²) in [6.45, 7) is 6.08. The van der Waals surface area contributed by atoms with Crippen LogP contribution in [0.3, 0.4) is 0 Å². The van der Waals surface area contributed by atoms with Crippen LogP contribution in [0.2, 0.25) is 0 Å². The minimum Gasteiger partial charge on any atom is -0.397 e. The molecular formula is C15H20N4OS. The first-order valence-corrected chi connectivity index (χ1v) is 7.56. The first-order chi connectivity index (χ1) is 9.92. The van der Waals surface area contributed by atoms with Crippen LogP contribution in [0.25, 0.3) is 0 Å². The van der Waals surface area contributed by atoms with Crippen molar-refractivity contribution in [3.63, 3.8) is 0 Å². The lowest BCUT2D eigenvalue weighted by atomic mass is 10.1. The average Bonchev–Trinajstić information content (AvgIpc) is 2.79. The molecule has 1 heterocycles. The van der Waals surface area contributed by atoms with Crippen molar-refractivity contribution >= 4 is 28.6 Å². The Morgan fingerprint density at radius 2 is 2.10 bits per heavy atom. The van der Waals surface area contributed by atoms with Crippen molar-refractivity contribution in [3.8, 4) is 0 Å². The van der Waals surface area contributed by atoms with Gasteiger partial charge >= 0.3 is 0 Å². The van der Waals surface area contributed by atoms with Crippen LogP contribution in [0.15, 0.2) is 18.2 Å². The first kappa shape index (κ1) is 15.3. The molecule has 1 aromatic carbocycles. The lowest BCUT2D eigenvalue weighted by Gasteiger charge is -2.16. The topological polar surface area (TPSA) is 80.0 Å². The molecule has 4 N–H and O–H groups in total. The van der Waals surface area contributed by atoms with Crippen molar-refractivity contribution < 1.29 is 4.79 Å². The fourth-order valence-corrected chi connectivity index (χ4v) is 3.16. The van der Waals surface area contributed by atoms with Gasteiger partial charge in [0.25, 0.3) is 5.91 Å². The van der Waals surface area contributed by atoms with Gasteiger partial charge in [-0.3, -0.25) is 4.79 Å². The third kappa shape index (κ3) is 3.33. The molecule has 2 rings (SSSR count). The van der Waals surface area contributed by atoms with Crippen LogP contribution in [-0.2, 0) is 0 Å². The Morgan fingerprint density at radius 1 is 1.38 bits per heavy atom. The maximum atomic E-state index is 11.6. The van der Waals surface area contributed by atoms with Crippen LogP contribution in [0.4, 0.5) is 11.4 Å². The molecule has 0 aliphatic carbocycles. The molecule has 0 aliphatic heterocycles. The van der Waals surface area contributed by atoms with Crippen LogP contribution in [0.5, 0.6) is 0 Å². The molecule has 0 fully saturated rings. The Morgan fingerprint density at radius 3 is 2.62 bits per heavy atom. The van der Waals surface area contributed by atoms with Crippen molar-refractivity contribution in [2.75, 3.05) is 18.1 Å². The Hall–Kier alpha value is -2.08. The summed E-state index contributed by atoms with van der Waals surface area (Å²) in [4.78, 5) is 17.2. The number of aromatic nitrogens is 1. The summed E-state index contributed by atoms with van der Waals surface area (Å²) in [5, 5.41) is 7.02. The highest BCUT2D eigenvalue weighted by Crippen LogP contribution is 2.30. The smallest absolute Gasteiger partial charge is 0.251 e. The van der Waals surface area contributed by atoms with Gasteiger partial charge in [-0.05, 0) is 39.0 Å². The van der Waals surface area contributed by atoms with Gasteiger partial charge in [0, 0.05) is 17.5 Å². The molecule has 5 nitrogen and oxygen atoms in total. The molecule has 0 saturated heterocycles. The zero-order chi connectivity index (χ0) is 15.6. The molecule has 2 aromatic rings. The summed E-state index contributed by atoms with van der Waals surface area (Å²) in [7, 11) is 1.60. The first-order valence-electron chi connectivity index (χ1n) is 6.74. The number of rotatable bonds is 4. The number of thiazole rings is 1. The van der Waals surface area contributed by atoms with Crippen LogP contribution < -0.4 is 16.4 Å². The SMILES string of the molecule is CNC(=O)c1ccc(NC(C)c2sc(C)nc2C)c(N)c1. The number of benzene rings is 1. The number of carbonyl (C=O) groups excluding carboxylic acids is 1. The highest BCUT2D eigenvalue weighted by atomic mass is 32.1. The van der Waals surface area contributed by atoms with Crippen molar-refractivity contribution in [3.05, 3.63) is 39.3 Å². The van der Waals surface area contributed by atoms with Crippen LogP contribution in [0.1, 0.15) is 38.9 Å². The van der Waals surface area contributed by atoms with Gasteiger partial charge in [0.1, 0.15) is 0 Å². The van der Waals surface area contributed by atoms with Gasteiger partial charge in [-0.1, -0.05) is 0 Å². The van der Waals surface area contributed by atoms with Crippen molar-refractivity contribution in [1.29, 1.82) is 0 Å². The summed E-state index contributed by atoms with van der Waals surface area (Å²) in [6, 6.07) is 5.39. The molecule has 1 unspecified atom stereocenters. The van der Waals surface area contributed by atoms with Gasteiger partial charge < -0.3 is 16.4 Å². The van der Waals surface area contributed by atoms with Gasteiger partial charge in [-0.25, -0.2) is 4.98 Å². The fourth-order valence-electron chi connectivity index (χ4n) is 2.23. The van der Waals surface area contributed by atoms with Crippen molar-refractivity contribution in [2.24, 2.45) is 0 Å². The van der Waals surface area contributed by atoms with E-state index >= 15 is 0 Å². The number of hydrogen-bond donors (Lipinski definition) is 3. The van der Waals surface area contributed by atoms with Crippen molar-refractivity contribution in [1.82, 2.24) is 10.3 Å². The van der Waals surface area contributed by atoms with E-state index in [1.807, 2.05) is 19.9 Å². The summed E-state index contributed by atoms with van der Waals surface area (Å²) in [5.41, 5.74) is 9.00. The molecule has 0 bridgehead atoms. The highest BCUT2D eigenvalue weighted by Gasteiger charge is 2.14. The molecular weight excluding hydrogens is 284 g/mol. The maximum absolute atomic E-state index is 11.6. The van der Waals surface area contributed by atoms with Crippen molar-refractivity contribution in [2.45, 2.75) is 26.8 Å². The zero-order valence-electron chi connectivity index (χ0n) is 12.7. The van der Waals surface area contributed by atoms with E-state index < -0.39 is 0 Å². The van der Waals surface area contributed by atoms with E-state index in [1.165, 1.54) is 4.88 Å². The number of nitrogens with one attached hydrogen (secondary N) is 2. The molecule has 1 amide bonds. The number of nitrogens with zero attached hydrogens (tertiary/aromatic N) is 1. The van der Waals surface area contributed by atoms with E-state index in [0.29, 0.717) is 11.3 Å². The van der Waals surface area contributed by atoms with Gasteiger partial charge in [-0.15, -0.1) is 11.3 Å². The monoisotopic (exact) mass is 304 g/mol. The molecule has 21 heavy (non-hydrogen) atoms. The molecule has 0 saturated carbocycles. The van der Waals surface area contributed by atoms with Crippen LogP contribution in [-0.4, -0.2) is 17.9 Å². The summed E-state index contributed by atoms with van der Waals surface area (Å²) >= 11 is 1.68. The van der Waals surface area contributed by atoms with Gasteiger partial charge in [0.05, 0.1) is 28.1 Å². The number of carbonyl (C=O) groups is 1. The second kappa shape index (κ2) is 6.13. The number of aryl methyl sites for hydroxylation is 2. The minimum absolute atomic E-state index is 0.115. The van der Waals surface area contributed by atoms with E-state index in [0.717, 1.165) is 16.4 Å². The Bertz CT molecular complexity index is 666. The third-order valence-corrected chi connectivity index (χ3v) is 4.50. The van der Waals surface area contributed by atoms with Crippen LogP contribution >= 0.6 is 11.3 Å². The van der Waals surface area contributed by atoms with E-state index in [-0.39, 0.29) is 11.9 Å². The largest absolute Gasteiger partial charge is 0.397 e. The standard InChI is InChI=1S/C15H20N4OS/c1-8-14(21-10(3)18-8)9(2)19-13-6-5-11(7-12(13)16)15(20)17-4/h5-7,9,19H,16H2,1-4H3,(H,17,20). The lowest BCUT2D eigenvalue weighted by Crippen LogP contribution is -2.18. The predicted molar refractivity (Wildman–Crippen MR) is 87.9 cm³/mol. The predicted octanol–water partition coefficient (Wildman–Crippen LogP) is 2.87. The maximum Gasteiger partial charge on any atom is 0.251 e. The fraction of sp³-hybridized carbons (Fsp3) is 0.333. The molecule has 1 aromatic heterocycles. The highest BCUT2D eigenvalue weighted by molar-refractivity contribution is 7.11. The Balaban J connectivity index is 2.20. The molecule has 112 valence electrons. The summed E-state index contributed by atoms with van der Waals surface area (Å²) in [6.07, 6.45) is 0. The summed E-state index contributed by atoms with van der Waals surface area (Å²) in [5.74, 6) is -0.143. The molecule has 6 heteroatoms. The number of nitrogen functional groups attached to an aromatic ring is 1. The third-order valence-electron chi connectivity index (χ3n) is 3.25. The normalized spacial score (nSPS) is 12.0. The second-order valence-electron chi connectivity index (χ2n) is 4.93. The van der Waals surface area contributed by atoms with E-state index in [4.69, 9.17) is 5.73 Å². The van der Waals surface area contributed by atoms with E-state index in [9.17, 15) is 4.79 Å². The van der Waals surface area contributed by atoms with E-state index in [1.54, 1.807) is 30.5 Å². The van der Waals surface area contributed by atoms with Crippen LogP contribution in [0, 0.1) is 13.8 Å². The Kier molecular flexibility index (Phi) is 4.47. The van der Waals surface area contributed by atoms with Gasteiger partial charge in [0.2, 0.25) is 0 Å². The molecule has 1 atom stereocenters. The number of hydrogen-bond acceptors (Lipinski definition) is 5. The number of nitrogens with two attached hydrogens (primary N) is 1. The molecule has 0 radical (unpaired) electrons. The number of amides is 1. The minimum atomic E-state index is -0.143. The number of anilines is 2. The molecule has 0 spiro atoms. The lowest BCUT2D eigenvalue weighted by molar-refractivity contribution is 0.0963. The molecule has 0 aliphatic rings. The van der Waals surface area contributed by atoms with Gasteiger partial charge in [-0.2, -0.15) is 0 Å². The summed E-state index contributed by atoms with van der Waals surface area (Å²) < 4.78 is 0. The van der Waals surface area contributed by atoms with E-state index in [2.05, 4.69) is 22.5 Å². The second-order valence-corrected chi connectivity index (χ2v) is 6.16. The zero-order valence-corrected chi connectivity index (χ0v) is 13.5.